The van der Waals surface area contributed by atoms with Crippen LogP contribution in [0.1, 0.15) is 25.7 Å². The molecule has 5 heteroatoms. The van der Waals surface area contributed by atoms with Gasteiger partial charge in [0.05, 0.1) is 5.60 Å². The molecule has 0 aromatic carbocycles. The molecule has 1 saturated carbocycles. The lowest BCUT2D eigenvalue weighted by Gasteiger charge is -2.36. The van der Waals surface area contributed by atoms with E-state index in [-0.39, 0.29) is 24.8 Å². The number of hydrogen-bond acceptors (Lipinski definition) is 3. The third kappa shape index (κ3) is 5.37. The van der Waals surface area contributed by atoms with E-state index in [2.05, 4.69) is 0 Å². The second-order valence-electron chi connectivity index (χ2n) is 4.30. The number of halogens is 2. The lowest BCUT2D eigenvalue weighted by molar-refractivity contribution is -0.0197. The van der Waals surface area contributed by atoms with Crippen molar-refractivity contribution in [3.05, 3.63) is 0 Å². The maximum atomic E-state index is 10.1. The van der Waals surface area contributed by atoms with E-state index >= 15 is 0 Å². The average molecular weight is 245 g/mol. The molecule has 0 bridgehead atoms. The Labute approximate surface area is 98.9 Å². The highest BCUT2D eigenvalue weighted by atomic mass is 35.5. The van der Waals surface area contributed by atoms with Gasteiger partial charge in [0.2, 0.25) is 0 Å². The Kier molecular flexibility index (Phi) is 8.26. The highest BCUT2D eigenvalue weighted by molar-refractivity contribution is 5.85. The Balaban J connectivity index is 0. The Morgan fingerprint density at radius 2 is 1.71 bits per heavy atom. The molecule has 1 fully saturated rings. The number of hydrogen-bond donors (Lipinski definition) is 2. The fourth-order valence-electron chi connectivity index (χ4n) is 1.92. The first-order valence-corrected chi connectivity index (χ1v) is 4.64. The van der Waals surface area contributed by atoms with E-state index in [1.807, 2.05) is 19.0 Å². The van der Waals surface area contributed by atoms with E-state index in [9.17, 15) is 5.11 Å². The highest BCUT2D eigenvalue weighted by Crippen LogP contribution is 2.27. The van der Waals surface area contributed by atoms with Crippen LogP contribution in [0.3, 0.4) is 0 Å². The molecule has 3 nitrogen and oxygen atoms in total. The van der Waals surface area contributed by atoms with Gasteiger partial charge in [0, 0.05) is 12.6 Å². The largest absolute Gasteiger partial charge is 0.389 e. The van der Waals surface area contributed by atoms with Crippen molar-refractivity contribution in [2.24, 2.45) is 5.73 Å². The van der Waals surface area contributed by atoms with Gasteiger partial charge in [-0.3, -0.25) is 0 Å². The summed E-state index contributed by atoms with van der Waals surface area (Å²) < 4.78 is 0. The van der Waals surface area contributed by atoms with E-state index in [0.29, 0.717) is 6.04 Å². The van der Waals surface area contributed by atoms with Gasteiger partial charge < -0.3 is 15.7 Å². The zero-order valence-electron chi connectivity index (χ0n) is 8.90. The molecule has 0 aliphatic heterocycles. The summed E-state index contributed by atoms with van der Waals surface area (Å²) in [6.45, 7) is 0.764. The predicted octanol–water partition coefficient (Wildman–Crippen LogP) is 1.02. The normalized spacial score (nSPS) is 31.9. The van der Waals surface area contributed by atoms with Gasteiger partial charge in [0.1, 0.15) is 0 Å². The topological polar surface area (TPSA) is 49.5 Å². The molecule has 1 rings (SSSR count). The lowest BCUT2D eigenvalue weighted by atomic mass is 9.82. The Bertz CT molecular complexity index is 148. The number of aliphatic hydroxyl groups is 1. The second kappa shape index (κ2) is 6.85. The quantitative estimate of drug-likeness (QED) is 0.763. The van der Waals surface area contributed by atoms with Crippen LogP contribution < -0.4 is 5.73 Å². The van der Waals surface area contributed by atoms with Crippen molar-refractivity contribution < 1.29 is 5.11 Å². The van der Waals surface area contributed by atoms with E-state index < -0.39 is 5.60 Å². The van der Waals surface area contributed by atoms with Crippen LogP contribution in [0.4, 0.5) is 0 Å². The van der Waals surface area contributed by atoms with Gasteiger partial charge in [-0.2, -0.15) is 0 Å². The highest BCUT2D eigenvalue weighted by Gasteiger charge is 2.32. The minimum absolute atomic E-state index is 0. The SMILES string of the molecule is CN(C)CC1(O)CCC(N)CC1.Cl.Cl. The van der Waals surface area contributed by atoms with Gasteiger partial charge in [-0.1, -0.05) is 0 Å². The van der Waals surface area contributed by atoms with Crippen LogP contribution in [-0.4, -0.2) is 42.3 Å². The summed E-state index contributed by atoms with van der Waals surface area (Å²) in [7, 11) is 3.99. The molecular weight excluding hydrogens is 223 g/mol. The van der Waals surface area contributed by atoms with Crippen molar-refractivity contribution in [3.8, 4) is 0 Å². The molecular formula is C9H22Cl2N2O. The summed E-state index contributed by atoms with van der Waals surface area (Å²) >= 11 is 0. The molecule has 0 amide bonds. The lowest BCUT2D eigenvalue weighted by Crippen LogP contribution is -2.45. The molecule has 0 heterocycles. The van der Waals surface area contributed by atoms with Gasteiger partial charge in [0.15, 0.2) is 0 Å². The number of nitrogens with zero attached hydrogens (tertiary/aromatic N) is 1. The standard InChI is InChI=1S/C9H20N2O.2ClH/c1-11(2)7-9(12)5-3-8(10)4-6-9;;/h8,12H,3-7,10H2,1-2H3;2*1H. The Morgan fingerprint density at radius 3 is 2.07 bits per heavy atom. The molecule has 0 atom stereocenters. The summed E-state index contributed by atoms with van der Waals surface area (Å²) in [6, 6.07) is 0.312. The first kappa shape index (κ1) is 16.9. The summed E-state index contributed by atoms with van der Waals surface area (Å²) in [5, 5.41) is 10.1. The average Bonchev–Trinajstić information content (AvgIpc) is 1.94. The fourth-order valence-corrected chi connectivity index (χ4v) is 1.92. The first-order valence-electron chi connectivity index (χ1n) is 4.64. The second-order valence-corrected chi connectivity index (χ2v) is 4.30. The molecule has 3 N–H and O–H groups in total. The summed E-state index contributed by atoms with van der Waals surface area (Å²) in [5.74, 6) is 0. The molecule has 0 unspecified atom stereocenters. The van der Waals surface area contributed by atoms with Crippen LogP contribution in [0.2, 0.25) is 0 Å². The van der Waals surface area contributed by atoms with Crippen molar-refractivity contribution in [2.45, 2.75) is 37.3 Å². The zero-order chi connectivity index (χ0) is 9.19. The van der Waals surface area contributed by atoms with Crippen molar-refractivity contribution >= 4 is 24.8 Å². The summed E-state index contributed by atoms with van der Waals surface area (Å²) in [4.78, 5) is 2.04. The maximum Gasteiger partial charge on any atom is 0.0775 e. The van der Waals surface area contributed by atoms with Crippen molar-refractivity contribution in [3.63, 3.8) is 0 Å². The predicted molar refractivity (Wildman–Crippen MR) is 64.4 cm³/mol. The van der Waals surface area contributed by atoms with Crippen LogP contribution in [0, 0.1) is 0 Å². The Morgan fingerprint density at radius 1 is 1.29 bits per heavy atom. The minimum Gasteiger partial charge on any atom is -0.389 e. The summed E-state index contributed by atoms with van der Waals surface area (Å²) in [5.41, 5.74) is 5.29. The van der Waals surface area contributed by atoms with Crippen molar-refractivity contribution in [1.82, 2.24) is 4.90 Å². The van der Waals surface area contributed by atoms with Gasteiger partial charge in [-0.15, -0.1) is 24.8 Å². The summed E-state index contributed by atoms with van der Waals surface area (Å²) in [6.07, 6.45) is 3.63. The monoisotopic (exact) mass is 244 g/mol. The van der Waals surface area contributed by atoms with Crippen LogP contribution in [0.25, 0.3) is 0 Å². The molecule has 0 aromatic heterocycles. The van der Waals surface area contributed by atoms with Gasteiger partial charge >= 0.3 is 0 Å². The Hall–Kier alpha value is 0.460. The molecule has 1 aliphatic rings. The molecule has 88 valence electrons. The smallest absolute Gasteiger partial charge is 0.0775 e. The van der Waals surface area contributed by atoms with Crippen molar-refractivity contribution in [2.75, 3.05) is 20.6 Å². The van der Waals surface area contributed by atoms with Crippen LogP contribution in [0.15, 0.2) is 0 Å². The van der Waals surface area contributed by atoms with Crippen LogP contribution >= 0.6 is 24.8 Å². The van der Waals surface area contributed by atoms with Gasteiger partial charge in [-0.05, 0) is 39.8 Å². The molecule has 1 aliphatic carbocycles. The van der Waals surface area contributed by atoms with E-state index in [1.54, 1.807) is 0 Å². The molecule has 0 aromatic rings. The first-order chi connectivity index (χ1) is 5.52. The van der Waals surface area contributed by atoms with Gasteiger partial charge in [-0.25, -0.2) is 0 Å². The van der Waals surface area contributed by atoms with Crippen LogP contribution in [-0.2, 0) is 0 Å². The molecule has 0 spiro atoms. The van der Waals surface area contributed by atoms with Crippen molar-refractivity contribution in [1.29, 1.82) is 0 Å². The maximum absolute atomic E-state index is 10.1. The van der Waals surface area contributed by atoms with Crippen LogP contribution in [0.5, 0.6) is 0 Å². The third-order valence-electron chi connectivity index (χ3n) is 2.57. The molecule has 14 heavy (non-hydrogen) atoms. The molecule has 0 saturated heterocycles. The fraction of sp³-hybridized carbons (Fsp3) is 1.00. The van der Waals surface area contributed by atoms with Gasteiger partial charge in [0.25, 0.3) is 0 Å². The number of rotatable bonds is 2. The molecule has 0 radical (unpaired) electrons. The van der Waals surface area contributed by atoms with E-state index in [4.69, 9.17) is 5.73 Å². The third-order valence-corrected chi connectivity index (χ3v) is 2.57. The number of nitrogens with two attached hydrogens (primary N) is 1. The van der Waals surface area contributed by atoms with E-state index in [1.165, 1.54) is 0 Å². The minimum atomic E-state index is -0.473. The number of likely N-dealkylation sites (N-methyl/N-ethyl adjacent to an activating group) is 1. The zero-order valence-corrected chi connectivity index (χ0v) is 10.5. The van der Waals surface area contributed by atoms with E-state index in [0.717, 1.165) is 32.2 Å².